The summed E-state index contributed by atoms with van der Waals surface area (Å²) in [6, 6.07) is 4.00. The van der Waals surface area contributed by atoms with E-state index in [1.807, 2.05) is 20.0 Å². The number of anilines is 1. The first-order valence-electron chi connectivity index (χ1n) is 6.31. The molecule has 6 nitrogen and oxygen atoms in total. The third-order valence-corrected chi connectivity index (χ3v) is 3.22. The Labute approximate surface area is 111 Å². The van der Waals surface area contributed by atoms with Crippen LogP contribution < -0.4 is 4.90 Å². The van der Waals surface area contributed by atoms with Crippen molar-refractivity contribution in [3.05, 3.63) is 23.5 Å². The topological polar surface area (TPSA) is 66.5 Å². The van der Waals surface area contributed by atoms with Gasteiger partial charge in [0.05, 0.1) is 24.6 Å². The summed E-state index contributed by atoms with van der Waals surface area (Å²) in [5.41, 5.74) is 2.03. The van der Waals surface area contributed by atoms with E-state index in [4.69, 9.17) is 4.74 Å². The fourth-order valence-electron chi connectivity index (χ4n) is 2.34. The second kappa shape index (κ2) is 4.52. The molecular weight excluding hydrogens is 242 g/mol. The van der Waals surface area contributed by atoms with Gasteiger partial charge in [-0.05, 0) is 13.8 Å². The van der Waals surface area contributed by atoms with Gasteiger partial charge in [0.2, 0.25) is 0 Å². The van der Waals surface area contributed by atoms with E-state index < -0.39 is 0 Å². The molecule has 0 radical (unpaired) electrons. The lowest BCUT2D eigenvalue weighted by atomic mass is 10.2. The van der Waals surface area contributed by atoms with Crippen LogP contribution in [0.3, 0.4) is 0 Å². The molecule has 0 amide bonds. The highest BCUT2D eigenvalue weighted by molar-refractivity contribution is 5.59. The van der Waals surface area contributed by atoms with Crippen molar-refractivity contribution >= 4 is 11.5 Å². The highest BCUT2D eigenvalue weighted by Gasteiger charge is 2.20. The van der Waals surface area contributed by atoms with Crippen molar-refractivity contribution < 1.29 is 4.74 Å². The maximum Gasteiger partial charge on any atom is 0.171 e. The van der Waals surface area contributed by atoms with Crippen molar-refractivity contribution in [3.8, 4) is 6.07 Å². The molecule has 3 rings (SSSR count). The first-order chi connectivity index (χ1) is 9.17. The van der Waals surface area contributed by atoms with E-state index >= 15 is 0 Å². The van der Waals surface area contributed by atoms with Crippen LogP contribution in [0.4, 0.5) is 5.82 Å². The van der Waals surface area contributed by atoms with Crippen molar-refractivity contribution in [1.29, 1.82) is 5.26 Å². The second-order valence-corrected chi connectivity index (χ2v) is 4.81. The van der Waals surface area contributed by atoms with Crippen LogP contribution in [0.5, 0.6) is 0 Å². The van der Waals surface area contributed by atoms with Gasteiger partial charge in [0, 0.05) is 19.2 Å². The monoisotopic (exact) mass is 257 g/mol. The van der Waals surface area contributed by atoms with Crippen LogP contribution in [-0.2, 0) is 4.74 Å². The van der Waals surface area contributed by atoms with Gasteiger partial charge in [-0.1, -0.05) is 0 Å². The largest absolute Gasteiger partial charge is 0.375 e. The number of hydrogen-bond donors (Lipinski definition) is 0. The summed E-state index contributed by atoms with van der Waals surface area (Å²) in [6.07, 6.45) is 2.02. The van der Waals surface area contributed by atoms with Crippen molar-refractivity contribution in [1.82, 2.24) is 14.6 Å². The lowest BCUT2D eigenvalue weighted by molar-refractivity contribution is 0.0528. The Morgan fingerprint density at radius 3 is 3.11 bits per heavy atom. The van der Waals surface area contributed by atoms with Gasteiger partial charge in [0.1, 0.15) is 11.6 Å². The van der Waals surface area contributed by atoms with E-state index in [2.05, 4.69) is 21.1 Å². The smallest absolute Gasteiger partial charge is 0.171 e. The molecule has 1 fully saturated rings. The van der Waals surface area contributed by atoms with E-state index in [9.17, 15) is 5.26 Å². The van der Waals surface area contributed by atoms with Gasteiger partial charge < -0.3 is 9.64 Å². The zero-order chi connectivity index (χ0) is 13.4. The summed E-state index contributed by atoms with van der Waals surface area (Å²) in [4.78, 5) is 6.46. The number of aromatic nitrogens is 3. The zero-order valence-electron chi connectivity index (χ0n) is 11.0. The number of imidazole rings is 1. The Balaban J connectivity index is 2.06. The molecule has 1 atom stereocenters. The Morgan fingerprint density at radius 1 is 1.53 bits per heavy atom. The number of hydrogen-bond acceptors (Lipinski definition) is 5. The van der Waals surface area contributed by atoms with Gasteiger partial charge >= 0.3 is 0 Å². The second-order valence-electron chi connectivity index (χ2n) is 4.81. The molecule has 6 heteroatoms. The van der Waals surface area contributed by atoms with E-state index in [-0.39, 0.29) is 6.10 Å². The number of rotatable bonds is 1. The molecule has 98 valence electrons. The zero-order valence-corrected chi connectivity index (χ0v) is 11.0. The number of aryl methyl sites for hydroxylation is 1. The molecule has 1 aliphatic rings. The molecule has 3 heterocycles. The SMILES string of the molecule is Cc1cn2nc(N3CCOC(C)C3)cc(C#N)c2n1. The Bertz CT molecular complexity index is 657. The molecule has 0 bridgehead atoms. The summed E-state index contributed by atoms with van der Waals surface area (Å²) in [5.74, 6) is 0.802. The summed E-state index contributed by atoms with van der Waals surface area (Å²) < 4.78 is 7.21. The molecule has 19 heavy (non-hydrogen) atoms. The van der Waals surface area contributed by atoms with Crippen LogP contribution in [0.1, 0.15) is 18.2 Å². The highest BCUT2D eigenvalue weighted by atomic mass is 16.5. The van der Waals surface area contributed by atoms with Gasteiger partial charge in [-0.2, -0.15) is 5.26 Å². The molecule has 2 aromatic rings. The van der Waals surface area contributed by atoms with Crippen LogP contribution in [0, 0.1) is 18.3 Å². The van der Waals surface area contributed by atoms with Gasteiger partial charge in [-0.15, -0.1) is 5.10 Å². The molecule has 0 aromatic carbocycles. The first kappa shape index (κ1) is 11.9. The van der Waals surface area contributed by atoms with E-state index in [1.165, 1.54) is 0 Å². The van der Waals surface area contributed by atoms with Crippen LogP contribution in [0.15, 0.2) is 12.3 Å². The first-order valence-corrected chi connectivity index (χ1v) is 6.31. The molecule has 1 saturated heterocycles. The minimum Gasteiger partial charge on any atom is -0.375 e. The molecule has 0 N–H and O–H groups in total. The van der Waals surface area contributed by atoms with Crippen molar-refractivity contribution in [3.63, 3.8) is 0 Å². The van der Waals surface area contributed by atoms with Crippen molar-refractivity contribution in [2.75, 3.05) is 24.6 Å². The Hall–Kier alpha value is -2.13. The van der Waals surface area contributed by atoms with E-state index in [0.717, 1.165) is 24.6 Å². The van der Waals surface area contributed by atoms with Crippen LogP contribution in [-0.4, -0.2) is 40.4 Å². The predicted molar refractivity (Wildman–Crippen MR) is 70.1 cm³/mol. The highest BCUT2D eigenvalue weighted by Crippen LogP contribution is 2.19. The van der Waals surface area contributed by atoms with Gasteiger partial charge in [0.25, 0.3) is 0 Å². The Kier molecular flexibility index (Phi) is 2.84. The van der Waals surface area contributed by atoms with Gasteiger partial charge in [0.15, 0.2) is 11.5 Å². The van der Waals surface area contributed by atoms with Crippen LogP contribution in [0.25, 0.3) is 5.65 Å². The fourth-order valence-corrected chi connectivity index (χ4v) is 2.34. The average Bonchev–Trinajstić information content (AvgIpc) is 2.77. The molecule has 1 unspecified atom stereocenters. The number of nitriles is 1. The van der Waals surface area contributed by atoms with E-state index in [1.54, 1.807) is 10.6 Å². The van der Waals surface area contributed by atoms with Crippen molar-refractivity contribution in [2.45, 2.75) is 20.0 Å². The number of fused-ring (bicyclic) bond motifs is 1. The normalized spacial score (nSPS) is 19.6. The summed E-state index contributed by atoms with van der Waals surface area (Å²) >= 11 is 0. The van der Waals surface area contributed by atoms with Gasteiger partial charge in [-0.25, -0.2) is 9.50 Å². The molecule has 0 spiro atoms. The quantitative estimate of drug-likeness (QED) is 0.766. The average molecular weight is 257 g/mol. The summed E-state index contributed by atoms with van der Waals surface area (Å²) in [7, 11) is 0. The molecule has 0 saturated carbocycles. The van der Waals surface area contributed by atoms with Crippen molar-refractivity contribution in [2.24, 2.45) is 0 Å². The standard InChI is InChI=1S/C13H15N5O/c1-9-7-18-13(15-9)11(6-14)5-12(16-18)17-3-4-19-10(2)8-17/h5,7,10H,3-4,8H2,1-2H3. The Morgan fingerprint density at radius 2 is 2.37 bits per heavy atom. The maximum absolute atomic E-state index is 9.25. The molecule has 0 aliphatic carbocycles. The minimum absolute atomic E-state index is 0.182. The molecule has 2 aromatic heterocycles. The number of morpholine rings is 1. The number of ether oxygens (including phenoxy) is 1. The molecule has 1 aliphatic heterocycles. The lowest BCUT2D eigenvalue weighted by Crippen LogP contribution is -2.41. The van der Waals surface area contributed by atoms with Gasteiger partial charge in [-0.3, -0.25) is 0 Å². The van der Waals surface area contributed by atoms with Crippen LogP contribution >= 0.6 is 0 Å². The third-order valence-electron chi connectivity index (χ3n) is 3.22. The predicted octanol–water partition coefficient (Wildman–Crippen LogP) is 1.13. The minimum atomic E-state index is 0.182. The maximum atomic E-state index is 9.25. The van der Waals surface area contributed by atoms with E-state index in [0.29, 0.717) is 17.8 Å². The van der Waals surface area contributed by atoms with Crippen LogP contribution in [0.2, 0.25) is 0 Å². The third kappa shape index (κ3) is 2.13. The summed E-state index contributed by atoms with van der Waals surface area (Å²) in [6.45, 7) is 6.20. The summed E-state index contributed by atoms with van der Waals surface area (Å²) in [5, 5.41) is 13.8. The lowest BCUT2D eigenvalue weighted by Gasteiger charge is -2.31. The number of nitrogens with zero attached hydrogens (tertiary/aromatic N) is 5. The fraction of sp³-hybridized carbons (Fsp3) is 0.462. The molecular formula is C13H15N5O.